The molecule has 2 aromatic heterocycles. The van der Waals surface area contributed by atoms with Crippen molar-refractivity contribution in [1.82, 2.24) is 19.8 Å². The minimum Gasteiger partial charge on any atom is -0.396 e. The molecule has 0 bridgehead atoms. The molecular weight excluding hydrogens is 274 g/mol. The van der Waals surface area contributed by atoms with E-state index < -0.39 is 0 Å². The Kier molecular flexibility index (Phi) is 3.31. The van der Waals surface area contributed by atoms with Crippen LogP contribution in [-0.4, -0.2) is 58.9 Å². The van der Waals surface area contributed by atoms with Crippen molar-refractivity contribution in [3.63, 3.8) is 0 Å². The van der Waals surface area contributed by atoms with Gasteiger partial charge in [-0.2, -0.15) is 0 Å². The number of aromatic nitrogens is 2. The Morgan fingerprint density at radius 3 is 2.85 bits per heavy atom. The lowest BCUT2D eigenvalue weighted by Crippen LogP contribution is -2.34. The number of nitrogens with zero attached hydrogens (tertiary/aromatic N) is 4. The molecule has 2 aromatic rings. The van der Waals surface area contributed by atoms with Gasteiger partial charge in [-0.3, -0.25) is 4.79 Å². The summed E-state index contributed by atoms with van der Waals surface area (Å²) < 4.78 is 0. The first-order valence-corrected chi connectivity index (χ1v) is 7.34. The second-order valence-electron chi connectivity index (χ2n) is 5.21. The van der Waals surface area contributed by atoms with Gasteiger partial charge in [0.1, 0.15) is 15.2 Å². The zero-order valence-electron chi connectivity index (χ0n) is 11.5. The topological polar surface area (TPSA) is 75.3 Å². The standard InChI is InChI=1S/C13H17N5OS/c1-17(2)8-3-6-18(7-8)13(19)11-9(14)10-12(20-11)16-5-4-15-10/h4-5,8H,3,6-7,14H2,1-2H3. The van der Waals surface area contributed by atoms with E-state index in [0.717, 1.165) is 24.3 Å². The number of thiophene rings is 1. The van der Waals surface area contributed by atoms with Gasteiger partial charge in [0, 0.05) is 31.5 Å². The van der Waals surface area contributed by atoms with Gasteiger partial charge in [-0.25, -0.2) is 9.97 Å². The van der Waals surface area contributed by atoms with E-state index in [0.29, 0.717) is 22.1 Å². The highest BCUT2D eigenvalue weighted by atomic mass is 32.1. The molecular formula is C13H17N5OS. The molecule has 3 heterocycles. The van der Waals surface area contributed by atoms with Crippen LogP contribution in [0.4, 0.5) is 5.69 Å². The summed E-state index contributed by atoms with van der Waals surface area (Å²) in [5, 5.41) is 0. The molecule has 6 nitrogen and oxygen atoms in total. The molecule has 1 amide bonds. The molecule has 0 aliphatic carbocycles. The molecule has 2 N–H and O–H groups in total. The third-order valence-corrected chi connectivity index (χ3v) is 4.83. The maximum Gasteiger partial charge on any atom is 0.266 e. The van der Waals surface area contributed by atoms with Crippen LogP contribution in [0.5, 0.6) is 0 Å². The number of carbonyl (C=O) groups is 1. The Hall–Kier alpha value is -1.73. The van der Waals surface area contributed by atoms with Gasteiger partial charge >= 0.3 is 0 Å². The van der Waals surface area contributed by atoms with E-state index in [-0.39, 0.29) is 5.91 Å². The second kappa shape index (κ2) is 4.99. The third kappa shape index (κ3) is 2.12. The molecule has 0 aromatic carbocycles. The molecule has 106 valence electrons. The summed E-state index contributed by atoms with van der Waals surface area (Å²) >= 11 is 1.33. The lowest BCUT2D eigenvalue weighted by atomic mass is 10.2. The highest BCUT2D eigenvalue weighted by Crippen LogP contribution is 2.32. The molecule has 7 heteroatoms. The van der Waals surface area contributed by atoms with E-state index in [1.54, 1.807) is 12.4 Å². The van der Waals surface area contributed by atoms with Crippen molar-refractivity contribution in [2.24, 2.45) is 0 Å². The molecule has 3 rings (SSSR count). The van der Waals surface area contributed by atoms with Crippen LogP contribution >= 0.6 is 11.3 Å². The maximum absolute atomic E-state index is 12.6. The smallest absolute Gasteiger partial charge is 0.266 e. The average molecular weight is 291 g/mol. The maximum atomic E-state index is 12.6. The van der Waals surface area contributed by atoms with Gasteiger partial charge in [0.05, 0.1) is 5.69 Å². The van der Waals surface area contributed by atoms with E-state index in [1.807, 2.05) is 19.0 Å². The minimum atomic E-state index is -0.00310. The highest BCUT2D eigenvalue weighted by Gasteiger charge is 2.30. The van der Waals surface area contributed by atoms with Crippen LogP contribution in [0.15, 0.2) is 12.4 Å². The van der Waals surface area contributed by atoms with Crippen molar-refractivity contribution in [3.8, 4) is 0 Å². The van der Waals surface area contributed by atoms with Crippen LogP contribution in [0.1, 0.15) is 16.1 Å². The molecule has 0 radical (unpaired) electrons. The lowest BCUT2D eigenvalue weighted by molar-refractivity contribution is 0.0789. The fraction of sp³-hybridized carbons (Fsp3) is 0.462. The summed E-state index contributed by atoms with van der Waals surface area (Å²) in [5.41, 5.74) is 7.14. The zero-order chi connectivity index (χ0) is 14.3. The van der Waals surface area contributed by atoms with Gasteiger partial charge in [0.25, 0.3) is 5.91 Å². The van der Waals surface area contributed by atoms with Crippen LogP contribution < -0.4 is 5.73 Å². The Labute approximate surface area is 121 Å². The Morgan fingerprint density at radius 1 is 1.45 bits per heavy atom. The average Bonchev–Trinajstić information content (AvgIpc) is 3.04. The summed E-state index contributed by atoms with van der Waals surface area (Å²) in [6.07, 6.45) is 4.21. The summed E-state index contributed by atoms with van der Waals surface area (Å²) in [4.78, 5) is 26.3. The van der Waals surface area contributed by atoms with Gasteiger partial charge in [-0.05, 0) is 20.5 Å². The summed E-state index contributed by atoms with van der Waals surface area (Å²) in [7, 11) is 4.08. The van der Waals surface area contributed by atoms with Gasteiger partial charge < -0.3 is 15.5 Å². The fourth-order valence-corrected chi connectivity index (χ4v) is 3.48. The van der Waals surface area contributed by atoms with E-state index in [2.05, 4.69) is 14.9 Å². The monoisotopic (exact) mass is 291 g/mol. The van der Waals surface area contributed by atoms with Gasteiger partial charge in [-0.15, -0.1) is 11.3 Å². The molecule has 0 saturated carbocycles. The highest BCUT2D eigenvalue weighted by molar-refractivity contribution is 7.21. The first kappa shape index (κ1) is 13.3. The number of likely N-dealkylation sites (N-methyl/N-ethyl adjacent to an activating group) is 1. The first-order chi connectivity index (χ1) is 9.58. The number of amides is 1. The number of nitrogen functional groups attached to an aromatic ring is 1. The number of likely N-dealkylation sites (tertiary alicyclic amines) is 1. The number of rotatable bonds is 2. The van der Waals surface area contributed by atoms with Crippen molar-refractivity contribution < 1.29 is 4.79 Å². The normalized spacial score (nSPS) is 19.1. The van der Waals surface area contributed by atoms with Gasteiger partial charge in [0.15, 0.2) is 0 Å². The number of fused-ring (bicyclic) bond motifs is 1. The molecule has 0 spiro atoms. The van der Waals surface area contributed by atoms with Crippen molar-refractivity contribution in [1.29, 1.82) is 0 Å². The number of anilines is 1. The Bertz CT molecular complexity index is 653. The van der Waals surface area contributed by atoms with Crippen LogP contribution in [0.2, 0.25) is 0 Å². The van der Waals surface area contributed by atoms with Gasteiger partial charge in [0.2, 0.25) is 0 Å². The summed E-state index contributed by atoms with van der Waals surface area (Å²) in [5.74, 6) is -0.00310. The van der Waals surface area contributed by atoms with Crippen molar-refractivity contribution in [2.45, 2.75) is 12.5 Å². The summed E-state index contributed by atoms with van der Waals surface area (Å²) in [6.45, 7) is 1.52. The second-order valence-corrected chi connectivity index (χ2v) is 6.21. The van der Waals surface area contributed by atoms with E-state index in [1.165, 1.54) is 11.3 Å². The summed E-state index contributed by atoms with van der Waals surface area (Å²) in [6, 6.07) is 0.422. The van der Waals surface area contributed by atoms with E-state index >= 15 is 0 Å². The van der Waals surface area contributed by atoms with Crippen LogP contribution in [0.25, 0.3) is 10.3 Å². The fourth-order valence-electron chi connectivity index (χ4n) is 2.49. The number of nitrogens with two attached hydrogens (primary N) is 1. The predicted molar refractivity (Wildman–Crippen MR) is 79.8 cm³/mol. The Morgan fingerprint density at radius 2 is 2.20 bits per heavy atom. The van der Waals surface area contributed by atoms with E-state index in [9.17, 15) is 4.79 Å². The van der Waals surface area contributed by atoms with E-state index in [4.69, 9.17) is 5.73 Å². The molecule has 1 atom stereocenters. The third-order valence-electron chi connectivity index (χ3n) is 3.74. The SMILES string of the molecule is CN(C)C1CCN(C(=O)c2sc3nccnc3c2N)C1. The number of carbonyl (C=O) groups excluding carboxylic acids is 1. The molecule has 1 saturated heterocycles. The predicted octanol–water partition coefficient (Wildman–Crippen LogP) is 1.05. The first-order valence-electron chi connectivity index (χ1n) is 6.52. The molecule has 20 heavy (non-hydrogen) atoms. The van der Waals surface area contributed by atoms with Crippen molar-refractivity contribution in [3.05, 3.63) is 17.3 Å². The molecule has 1 aliphatic rings. The Balaban J connectivity index is 1.88. The lowest BCUT2D eigenvalue weighted by Gasteiger charge is -2.20. The number of hydrogen-bond donors (Lipinski definition) is 1. The molecule has 1 fully saturated rings. The van der Waals surface area contributed by atoms with Crippen LogP contribution in [0.3, 0.4) is 0 Å². The van der Waals surface area contributed by atoms with Gasteiger partial charge in [-0.1, -0.05) is 0 Å². The quantitative estimate of drug-likeness (QED) is 0.895. The van der Waals surface area contributed by atoms with Crippen LogP contribution in [0, 0.1) is 0 Å². The van der Waals surface area contributed by atoms with Crippen molar-refractivity contribution in [2.75, 3.05) is 32.9 Å². The molecule has 1 unspecified atom stereocenters. The largest absolute Gasteiger partial charge is 0.396 e. The molecule has 1 aliphatic heterocycles. The van der Waals surface area contributed by atoms with Crippen LogP contribution in [-0.2, 0) is 0 Å². The zero-order valence-corrected chi connectivity index (χ0v) is 12.4. The minimum absolute atomic E-state index is 0.00310. The number of hydrogen-bond acceptors (Lipinski definition) is 6. The van der Waals surface area contributed by atoms with Crippen molar-refractivity contribution >= 4 is 33.3 Å².